The summed E-state index contributed by atoms with van der Waals surface area (Å²) in [6.07, 6.45) is 0.638. The molecule has 1 atom stereocenters. The van der Waals surface area contributed by atoms with E-state index < -0.39 is 24.7 Å². The van der Waals surface area contributed by atoms with Gasteiger partial charge in [-0.25, -0.2) is 8.78 Å². The zero-order valence-electron chi connectivity index (χ0n) is 23.2. The SMILES string of the molecule is CCCCC(CC)Cn1c2ccc(C(=O)c3ccccc3OCC(F)(F)C(F)F)cc2c2ccc3ccccc3c21. The summed E-state index contributed by atoms with van der Waals surface area (Å²) >= 11 is 0. The highest BCUT2D eigenvalue weighted by Gasteiger charge is 2.42. The summed E-state index contributed by atoms with van der Waals surface area (Å²) in [6, 6.07) is 23.8. The number of ether oxygens (including phenoxy) is 1. The summed E-state index contributed by atoms with van der Waals surface area (Å²) < 4.78 is 59.9. The van der Waals surface area contributed by atoms with Crippen LogP contribution in [0.15, 0.2) is 78.9 Å². The van der Waals surface area contributed by atoms with Gasteiger partial charge in [-0.1, -0.05) is 81.6 Å². The van der Waals surface area contributed by atoms with Gasteiger partial charge in [-0.3, -0.25) is 4.79 Å². The van der Waals surface area contributed by atoms with Crippen molar-refractivity contribution >= 4 is 38.4 Å². The van der Waals surface area contributed by atoms with Crippen LogP contribution in [0.1, 0.15) is 55.5 Å². The maximum Gasteiger partial charge on any atom is 0.340 e. The van der Waals surface area contributed by atoms with E-state index in [1.807, 2.05) is 24.3 Å². The number of aromatic nitrogens is 1. The molecular weight excluding hydrogens is 530 g/mol. The molecule has 0 saturated heterocycles. The summed E-state index contributed by atoms with van der Waals surface area (Å²) in [5.41, 5.74) is 2.54. The zero-order chi connectivity index (χ0) is 29.1. The van der Waals surface area contributed by atoms with Crippen molar-refractivity contribution in [1.82, 2.24) is 4.57 Å². The van der Waals surface area contributed by atoms with E-state index in [4.69, 9.17) is 4.74 Å². The van der Waals surface area contributed by atoms with Gasteiger partial charge in [-0.15, -0.1) is 0 Å². The maximum absolute atomic E-state index is 13.6. The van der Waals surface area contributed by atoms with Gasteiger partial charge in [-0.2, -0.15) is 8.78 Å². The molecule has 41 heavy (non-hydrogen) atoms. The Morgan fingerprint density at radius 1 is 0.902 bits per heavy atom. The van der Waals surface area contributed by atoms with Crippen LogP contribution in [0.4, 0.5) is 17.6 Å². The maximum atomic E-state index is 13.6. The van der Waals surface area contributed by atoms with E-state index in [-0.39, 0.29) is 11.3 Å². The molecule has 5 rings (SSSR count). The second-order valence-electron chi connectivity index (χ2n) is 10.6. The minimum absolute atomic E-state index is 0.0386. The van der Waals surface area contributed by atoms with Crippen molar-refractivity contribution in [3.05, 3.63) is 90.0 Å². The number of nitrogens with zero attached hydrogens (tertiary/aromatic N) is 1. The molecule has 3 nitrogen and oxygen atoms in total. The molecule has 1 heterocycles. The lowest BCUT2D eigenvalue weighted by Gasteiger charge is -2.18. The lowest BCUT2D eigenvalue weighted by molar-refractivity contribution is -0.148. The minimum Gasteiger partial charge on any atom is -0.486 e. The van der Waals surface area contributed by atoms with Gasteiger partial charge < -0.3 is 9.30 Å². The molecule has 0 bridgehead atoms. The lowest BCUT2D eigenvalue weighted by atomic mass is 9.99. The summed E-state index contributed by atoms with van der Waals surface area (Å²) in [7, 11) is 0. The third-order valence-corrected chi connectivity index (χ3v) is 7.87. The van der Waals surface area contributed by atoms with Crippen LogP contribution < -0.4 is 4.74 Å². The predicted molar refractivity (Wildman–Crippen MR) is 157 cm³/mol. The van der Waals surface area contributed by atoms with E-state index in [0.717, 1.165) is 58.4 Å². The van der Waals surface area contributed by atoms with Crippen molar-refractivity contribution in [1.29, 1.82) is 0 Å². The number of fused-ring (bicyclic) bond motifs is 5. The molecule has 4 aromatic carbocycles. The smallest absolute Gasteiger partial charge is 0.340 e. The second-order valence-corrected chi connectivity index (χ2v) is 10.6. The summed E-state index contributed by atoms with van der Waals surface area (Å²) in [5, 5.41) is 4.22. The fourth-order valence-corrected chi connectivity index (χ4v) is 5.55. The van der Waals surface area contributed by atoms with Crippen LogP contribution >= 0.6 is 0 Å². The van der Waals surface area contributed by atoms with Gasteiger partial charge >= 0.3 is 12.3 Å². The Hall–Kier alpha value is -3.87. The minimum atomic E-state index is -4.33. The van der Waals surface area contributed by atoms with Crippen molar-refractivity contribution in [3.8, 4) is 5.75 Å². The van der Waals surface area contributed by atoms with E-state index >= 15 is 0 Å². The van der Waals surface area contributed by atoms with Crippen LogP contribution in [-0.4, -0.2) is 29.3 Å². The molecule has 0 aliphatic rings. The topological polar surface area (TPSA) is 31.2 Å². The van der Waals surface area contributed by atoms with Crippen molar-refractivity contribution in [3.63, 3.8) is 0 Å². The van der Waals surface area contributed by atoms with E-state index in [1.165, 1.54) is 24.6 Å². The van der Waals surface area contributed by atoms with Crippen LogP contribution in [0, 0.1) is 5.92 Å². The lowest BCUT2D eigenvalue weighted by Crippen LogP contribution is -2.34. The van der Waals surface area contributed by atoms with Gasteiger partial charge in [0.2, 0.25) is 0 Å². The Balaban J connectivity index is 1.60. The van der Waals surface area contributed by atoms with Gasteiger partial charge in [0.05, 0.1) is 11.1 Å². The first kappa shape index (κ1) is 28.7. The normalized spacial score (nSPS) is 13.0. The number of rotatable bonds is 12. The molecule has 0 N–H and O–H groups in total. The number of benzene rings is 4. The number of hydrogen-bond donors (Lipinski definition) is 0. The Morgan fingerprint density at radius 3 is 2.41 bits per heavy atom. The van der Waals surface area contributed by atoms with E-state index in [9.17, 15) is 22.4 Å². The molecule has 1 aromatic heterocycles. The number of para-hydroxylation sites is 1. The van der Waals surface area contributed by atoms with Crippen molar-refractivity contribution in [2.75, 3.05) is 6.61 Å². The molecule has 1 unspecified atom stereocenters. The third kappa shape index (κ3) is 5.67. The van der Waals surface area contributed by atoms with Crippen molar-refractivity contribution in [2.24, 2.45) is 5.92 Å². The highest BCUT2D eigenvalue weighted by molar-refractivity contribution is 6.20. The standard InChI is InChI=1S/C34H33F4NO2/c1-3-5-10-22(4-2)20-39-29-18-16-24(19-28(29)26-17-15-23-11-6-7-12-25(23)31(26)39)32(40)27-13-8-9-14-30(27)41-21-34(37,38)33(35)36/h6-9,11-19,22,33H,3-5,10,20-21H2,1-2H3. The van der Waals surface area contributed by atoms with Gasteiger partial charge in [0.15, 0.2) is 12.4 Å². The molecule has 0 aliphatic heterocycles. The first-order chi connectivity index (χ1) is 19.7. The first-order valence-corrected chi connectivity index (χ1v) is 14.1. The summed E-state index contributed by atoms with van der Waals surface area (Å²) in [4.78, 5) is 13.6. The van der Waals surface area contributed by atoms with Gasteiger partial charge in [0.25, 0.3) is 0 Å². The number of halogens is 4. The van der Waals surface area contributed by atoms with Crippen LogP contribution in [0.2, 0.25) is 0 Å². The molecule has 0 saturated carbocycles. The highest BCUT2D eigenvalue weighted by Crippen LogP contribution is 2.37. The van der Waals surface area contributed by atoms with E-state index in [1.54, 1.807) is 12.1 Å². The molecule has 214 valence electrons. The summed E-state index contributed by atoms with van der Waals surface area (Å²) in [6.45, 7) is 3.75. The van der Waals surface area contributed by atoms with E-state index in [0.29, 0.717) is 11.5 Å². The molecule has 0 amide bonds. The Morgan fingerprint density at radius 2 is 1.66 bits per heavy atom. The number of ketones is 1. The molecule has 0 spiro atoms. The molecule has 0 fully saturated rings. The number of hydrogen-bond acceptors (Lipinski definition) is 2. The van der Waals surface area contributed by atoms with Crippen LogP contribution in [0.5, 0.6) is 5.75 Å². The predicted octanol–water partition coefficient (Wildman–Crippen LogP) is 9.67. The zero-order valence-corrected chi connectivity index (χ0v) is 23.2. The fraction of sp³-hybridized carbons (Fsp3) is 0.324. The van der Waals surface area contributed by atoms with Gasteiger partial charge in [-0.05, 0) is 48.1 Å². The Kier molecular flexibility index (Phi) is 8.34. The average Bonchev–Trinajstić information content (AvgIpc) is 3.30. The monoisotopic (exact) mass is 563 g/mol. The fourth-order valence-electron chi connectivity index (χ4n) is 5.55. The highest BCUT2D eigenvalue weighted by atomic mass is 19.3. The number of alkyl halides is 4. The van der Waals surface area contributed by atoms with Gasteiger partial charge in [0.1, 0.15) is 5.75 Å². The van der Waals surface area contributed by atoms with Crippen molar-refractivity contribution in [2.45, 2.75) is 58.4 Å². The largest absolute Gasteiger partial charge is 0.486 e. The van der Waals surface area contributed by atoms with Gasteiger partial charge in [0, 0.05) is 33.8 Å². The Labute approximate surface area is 236 Å². The molecule has 0 aliphatic carbocycles. The quantitative estimate of drug-likeness (QED) is 0.112. The first-order valence-electron chi connectivity index (χ1n) is 14.1. The van der Waals surface area contributed by atoms with Crippen LogP contribution in [0.25, 0.3) is 32.6 Å². The number of unbranched alkanes of at least 4 members (excludes halogenated alkanes) is 1. The third-order valence-electron chi connectivity index (χ3n) is 7.87. The summed E-state index contributed by atoms with van der Waals surface area (Å²) in [5.74, 6) is -4.41. The molecule has 5 aromatic rings. The Bertz CT molecular complexity index is 1690. The van der Waals surface area contributed by atoms with E-state index in [2.05, 4.69) is 42.7 Å². The number of carbonyl (C=O) groups excluding carboxylic acids is 1. The second kappa shape index (κ2) is 11.9. The van der Waals surface area contributed by atoms with Crippen LogP contribution in [-0.2, 0) is 6.54 Å². The number of carbonyl (C=O) groups is 1. The average molecular weight is 564 g/mol. The molecule has 0 radical (unpaired) electrons. The molecule has 7 heteroatoms. The van der Waals surface area contributed by atoms with Crippen LogP contribution in [0.3, 0.4) is 0 Å². The molecular formula is C34H33F4NO2. The van der Waals surface area contributed by atoms with Crippen molar-refractivity contribution < 1.29 is 27.1 Å².